The van der Waals surface area contributed by atoms with Gasteiger partial charge in [-0.3, -0.25) is 0 Å². The molecular formula is C90H62N8. The van der Waals surface area contributed by atoms with Gasteiger partial charge in [-0.1, -0.05) is 241 Å². The van der Waals surface area contributed by atoms with E-state index in [9.17, 15) is 0 Å². The number of hydrogen-bond acceptors (Lipinski definition) is 4. The molecule has 8 heteroatoms. The van der Waals surface area contributed by atoms with E-state index in [0.717, 1.165) is 171 Å². The van der Waals surface area contributed by atoms with Gasteiger partial charge in [-0.05, 0) is 113 Å². The van der Waals surface area contributed by atoms with E-state index in [2.05, 4.69) is 349 Å². The van der Waals surface area contributed by atoms with Crippen molar-refractivity contribution in [3.63, 3.8) is 0 Å². The molecule has 0 aliphatic rings. The first-order valence-electron chi connectivity index (χ1n) is 33.5. The van der Waals surface area contributed by atoms with Gasteiger partial charge in [0.1, 0.15) is 0 Å². The van der Waals surface area contributed by atoms with Gasteiger partial charge in [-0.2, -0.15) is 0 Å². The second-order valence-electron chi connectivity index (χ2n) is 26.0. The van der Waals surface area contributed by atoms with Crippen molar-refractivity contribution in [1.82, 2.24) is 38.2 Å². The molecule has 6 aromatic heterocycles. The summed E-state index contributed by atoms with van der Waals surface area (Å²) in [6.07, 6.45) is 0. The van der Waals surface area contributed by atoms with Crippen LogP contribution in [0.3, 0.4) is 0 Å². The normalized spacial score (nSPS) is 11.9. The predicted molar refractivity (Wildman–Crippen MR) is 407 cm³/mol. The van der Waals surface area contributed by atoms with Gasteiger partial charge in [0, 0.05) is 76.5 Å². The SMILES string of the molecule is Cc1ccc2c(c1)c1ccccc1n2-c1c(-c2nc(-c3ccccc3)nc(-c3ccccc3)n2)c(-n2c3ccccc3c3cc(C)ccc32)c(-n2c3ccccc3c3cc(C)ccc32)c(-n2c3ccccc3c3cc(C)ccc32)c1-c1ccc(-c2ccccc2)nc1-c1ccccc1. The predicted octanol–water partition coefficient (Wildman–Crippen LogP) is 22.9. The molecule has 19 aromatic rings. The number of nitrogens with zero attached hydrogens (tertiary/aromatic N) is 8. The molecule has 6 heterocycles. The Bertz CT molecular complexity index is 6390. The largest absolute Gasteiger partial charge is 0.308 e. The highest BCUT2D eigenvalue weighted by Crippen LogP contribution is 2.56. The molecule has 0 spiro atoms. The van der Waals surface area contributed by atoms with Crippen LogP contribution in [0, 0.1) is 27.7 Å². The first-order valence-corrected chi connectivity index (χ1v) is 33.5. The summed E-state index contributed by atoms with van der Waals surface area (Å²) in [4.78, 5) is 23.6. The molecule has 0 aliphatic carbocycles. The lowest BCUT2D eigenvalue weighted by Gasteiger charge is -2.31. The quantitative estimate of drug-likeness (QED) is 0.137. The van der Waals surface area contributed by atoms with Gasteiger partial charge in [0.25, 0.3) is 0 Å². The van der Waals surface area contributed by atoms with Crippen LogP contribution >= 0.6 is 0 Å². The molecule has 0 radical (unpaired) electrons. The standard InChI is InChI=1S/C90H62N8/c1-55-41-47-77-68(51-55)63-33-17-21-37-73(63)95(77)84-81(67-45-46-72(59-25-9-5-10-26-59)91-83(67)60-27-11-6-12-28-60)85(96-74-38-22-18-34-64(74)69-52-56(2)42-48-78(69)96)87(98-76-40-24-20-36-66(76)71-54-58(4)44-50-80(71)98)86(97-75-39-23-19-35-65(75)70-53-57(3)43-49-79(70)97)82(84)90-93-88(61-29-13-7-14-30-61)92-89(94-90)62-31-15-8-16-32-62/h5-54H,1-4H3. The lowest BCUT2D eigenvalue weighted by atomic mass is 9.89. The molecule has 0 unspecified atom stereocenters. The summed E-state index contributed by atoms with van der Waals surface area (Å²) in [5.74, 6) is 1.56. The number of aryl methyl sites for hydroxylation is 4. The van der Waals surface area contributed by atoms with Crippen molar-refractivity contribution in [2.75, 3.05) is 0 Å². The van der Waals surface area contributed by atoms with Crippen LogP contribution in [0.25, 0.3) is 178 Å². The topological polar surface area (TPSA) is 71.3 Å². The lowest BCUT2D eigenvalue weighted by Crippen LogP contribution is -2.17. The van der Waals surface area contributed by atoms with E-state index < -0.39 is 0 Å². The first kappa shape index (κ1) is 56.7. The van der Waals surface area contributed by atoms with E-state index in [1.807, 2.05) is 0 Å². The molecule has 19 rings (SSSR count). The number of benzene rings is 13. The molecule has 13 aromatic carbocycles. The number of para-hydroxylation sites is 4. The molecule has 0 N–H and O–H groups in total. The highest BCUT2D eigenvalue weighted by Gasteiger charge is 2.38. The lowest BCUT2D eigenvalue weighted by molar-refractivity contribution is 1.02. The van der Waals surface area contributed by atoms with E-state index in [1.165, 1.54) is 11.1 Å². The summed E-state index contributed by atoms with van der Waals surface area (Å²) >= 11 is 0. The summed E-state index contributed by atoms with van der Waals surface area (Å²) in [7, 11) is 0. The summed E-state index contributed by atoms with van der Waals surface area (Å²) in [5, 5.41) is 9.00. The van der Waals surface area contributed by atoms with E-state index in [0.29, 0.717) is 17.5 Å². The van der Waals surface area contributed by atoms with Crippen molar-refractivity contribution < 1.29 is 0 Å². The number of rotatable bonds is 10. The van der Waals surface area contributed by atoms with Crippen LogP contribution in [0.4, 0.5) is 0 Å². The van der Waals surface area contributed by atoms with Crippen molar-refractivity contribution >= 4 is 87.2 Å². The fourth-order valence-corrected chi connectivity index (χ4v) is 15.5. The average Bonchev–Trinajstić information content (AvgIpc) is 1.41. The van der Waals surface area contributed by atoms with Crippen LogP contribution < -0.4 is 0 Å². The molecule has 462 valence electrons. The zero-order valence-corrected chi connectivity index (χ0v) is 54.4. The molecule has 98 heavy (non-hydrogen) atoms. The van der Waals surface area contributed by atoms with Crippen LogP contribution in [-0.4, -0.2) is 38.2 Å². The second kappa shape index (κ2) is 22.4. The minimum Gasteiger partial charge on any atom is -0.308 e. The van der Waals surface area contributed by atoms with Crippen molar-refractivity contribution in [2.24, 2.45) is 0 Å². The fraction of sp³-hybridized carbons (Fsp3) is 0.0444. The second-order valence-corrected chi connectivity index (χ2v) is 26.0. The molecule has 0 bridgehead atoms. The maximum atomic E-state index is 6.04. The van der Waals surface area contributed by atoms with Gasteiger partial charge in [0.15, 0.2) is 17.5 Å². The van der Waals surface area contributed by atoms with Crippen molar-refractivity contribution in [1.29, 1.82) is 0 Å². The Kier molecular flexibility index (Phi) is 13.0. The van der Waals surface area contributed by atoms with Crippen LogP contribution in [0.5, 0.6) is 0 Å². The van der Waals surface area contributed by atoms with Crippen molar-refractivity contribution in [3.05, 3.63) is 326 Å². The molecule has 0 aliphatic heterocycles. The molecule has 0 atom stereocenters. The number of pyridine rings is 1. The van der Waals surface area contributed by atoms with Crippen LogP contribution in [0.1, 0.15) is 22.3 Å². The van der Waals surface area contributed by atoms with Gasteiger partial charge in [0.2, 0.25) is 0 Å². The summed E-state index contributed by atoms with van der Waals surface area (Å²) in [6.45, 7) is 8.80. The number of aromatic nitrogens is 8. The van der Waals surface area contributed by atoms with Gasteiger partial charge in [-0.15, -0.1) is 0 Å². The monoisotopic (exact) mass is 1250 g/mol. The highest BCUT2D eigenvalue weighted by molar-refractivity contribution is 6.19. The molecule has 0 fully saturated rings. The zero-order chi connectivity index (χ0) is 65.3. The summed E-state index contributed by atoms with van der Waals surface area (Å²) in [5.41, 5.74) is 24.4. The Labute approximate surface area is 565 Å². The third-order valence-electron chi connectivity index (χ3n) is 19.8. The molecule has 0 amide bonds. The van der Waals surface area contributed by atoms with E-state index in [4.69, 9.17) is 19.9 Å². The van der Waals surface area contributed by atoms with Gasteiger partial charge in [-0.25, -0.2) is 19.9 Å². The van der Waals surface area contributed by atoms with Crippen molar-refractivity contribution in [3.8, 4) is 90.6 Å². The van der Waals surface area contributed by atoms with Gasteiger partial charge < -0.3 is 18.3 Å². The summed E-state index contributed by atoms with van der Waals surface area (Å²) < 4.78 is 10.3. The van der Waals surface area contributed by atoms with Gasteiger partial charge in [0.05, 0.1) is 83.8 Å². The van der Waals surface area contributed by atoms with E-state index in [1.54, 1.807) is 0 Å². The number of fused-ring (bicyclic) bond motifs is 12. The fourth-order valence-electron chi connectivity index (χ4n) is 15.5. The minimum absolute atomic E-state index is 0.484. The van der Waals surface area contributed by atoms with Crippen molar-refractivity contribution in [2.45, 2.75) is 27.7 Å². The Hall–Kier alpha value is -12.8. The van der Waals surface area contributed by atoms with E-state index in [-0.39, 0.29) is 0 Å². The zero-order valence-electron chi connectivity index (χ0n) is 54.4. The molecule has 8 nitrogen and oxygen atoms in total. The Morgan fingerprint density at radius 3 is 0.918 bits per heavy atom. The van der Waals surface area contributed by atoms with E-state index >= 15 is 0 Å². The molecular weight excluding hydrogens is 1190 g/mol. The maximum absolute atomic E-state index is 6.04. The molecule has 0 saturated heterocycles. The van der Waals surface area contributed by atoms with Crippen LogP contribution in [0.15, 0.2) is 303 Å². The first-order chi connectivity index (χ1) is 48.3. The molecule has 0 saturated carbocycles. The third kappa shape index (κ3) is 8.84. The van der Waals surface area contributed by atoms with Crippen LogP contribution in [-0.2, 0) is 0 Å². The third-order valence-corrected chi connectivity index (χ3v) is 19.8. The summed E-state index contributed by atoms with van der Waals surface area (Å²) in [6, 6.07) is 110. The van der Waals surface area contributed by atoms with Gasteiger partial charge >= 0.3 is 0 Å². The average molecular weight is 1260 g/mol. The number of hydrogen-bond donors (Lipinski definition) is 0. The Balaban J connectivity index is 1.20. The van der Waals surface area contributed by atoms with Crippen LogP contribution in [0.2, 0.25) is 0 Å². The highest BCUT2D eigenvalue weighted by atomic mass is 15.1. The Morgan fingerprint density at radius 1 is 0.214 bits per heavy atom. The minimum atomic E-state index is 0.484. The Morgan fingerprint density at radius 2 is 0.520 bits per heavy atom. The maximum Gasteiger partial charge on any atom is 0.168 e. The smallest absolute Gasteiger partial charge is 0.168 e.